The Hall–Kier alpha value is -1.68. The van der Waals surface area contributed by atoms with Gasteiger partial charge in [-0.25, -0.2) is 18.1 Å². The number of nitrogens with one attached hydrogen (secondary N) is 2. The predicted octanol–water partition coefficient (Wildman–Crippen LogP) is 1.91. The first-order valence-electron chi connectivity index (χ1n) is 6.52. The van der Waals surface area contributed by atoms with Crippen molar-refractivity contribution in [2.24, 2.45) is 0 Å². The van der Waals surface area contributed by atoms with E-state index in [0.717, 1.165) is 5.69 Å². The van der Waals surface area contributed by atoms with Gasteiger partial charge in [0, 0.05) is 17.1 Å². The number of ether oxygens (including phenoxy) is 1. The highest BCUT2D eigenvalue weighted by molar-refractivity contribution is 7.89. The van der Waals surface area contributed by atoms with Crippen LogP contribution in [0, 0.1) is 6.92 Å². The highest BCUT2D eigenvalue weighted by Crippen LogP contribution is 2.35. The Morgan fingerprint density at radius 3 is 2.96 bits per heavy atom. The van der Waals surface area contributed by atoms with E-state index in [9.17, 15) is 13.2 Å². The van der Waals surface area contributed by atoms with Crippen molar-refractivity contribution in [3.05, 3.63) is 33.2 Å². The molecule has 7 nitrogen and oxygen atoms in total. The number of fused-ring (bicyclic) bond motifs is 1. The Balaban J connectivity index is 1.86. The van der Waals surface area contributed by atoms with E-state index >= 15 is 0 Å². The standard InChI is InChI=1S/C13H12ClN3O4S2/c1-7-6-22-13(16-7)4-15-23(19,20)11-3-10-9(2-8(11)14)17-12(18)5-21-10/h2-3,6,15H,4-5H2,1H3,(H,17,18). The van der Waals surface area contributed by atoms with Gasteiger partial charge in [-0.05, 0) is 13.0 Å². The fourth-order valence-electron chi connectivity index (χ4n) is 2.01. The van der Waals surface area contributed by atoms with Crippen molar-refractivity contribution in [2.45, 2.75) is 18.4 Å². The molecule has 2 aromatic rings. The zero-order valence-electron chi connectivity index (χ0n) is 11.9. The summed E-state index contributed by atoms with van der Waals surface area (Å²) in [5, 5.41) is 5.06. The molecule has 10 heteroatoms. The maximum absolute atomic E-state index is 12.4. The Bertz CT molecular complexity index is 879. The molecule has 2 heterocycles. The number of thiazole rings is 1. The third-order valence-electron chi connectivity index (χ3n) is 3.04. The first-order chi connectivity index (χ1) is 10.8. The summed E-state index contributed by atoms with van der Waals surface area (Å²) in [4.78, 5) is 15.4. The highest BCUT2D eigenvalue weighted by Gasteiger charge is 2.24. The van der Waals surface area contributed by atoms with Crippen LogP contribution in [0.25, 0.3) is 0 Å². The molecule has 0 spiro atoms. The Morgan fingerprint density at radius 2 is 2.26 bits per heavy atom. The molecule has 0 saturated heterocycles. The van der Waals surface area contributed by atoms with Crippen LogP contribution in [-0.4, -0.2) is 25.9 Å². The lowest BCUT2D eigenvalue weighted by Crippen LogP contribution is -2.27. The molecule has 0 atom stereocenters. The van der Waals surface area contributed by atoms with Crippen molar-refractivity contribution in [1.82, 2.24) is 9.71 Å². The zero-order valence-corrected chi connectivity index (χ0v) is 14.3. The number of carbonyl (C=O) groups excluding carboxylic acids is 1. The predicted molar refractivity (Wildman–Crippen MR) is 86.5 cm³/mol. The van der Waals surface area contributed by atoms with Gasteiger partial charge in [-0.1, -0.05) is 11.6 Å². The van der Waals surface area contributed by atoms with Crippen molar-refractivity contribution in [2.75, 3.05) is 11.9 Å². The number of nitrogens with zero attached hydrogens (tertiary/aromatic N) is 1. The molecule has 0 unspecified atom stereocenters. The third-order valence-corrected chi connectivity index (χ3v) is 5.87. The number of sulfonamides is 1. The molecule has 0 saturated carbocycles. The van der Waals surface area contributed by atoms with Crippen LogP contribution in [0.1, 0.15) is 10.7 Å². The maximum Gasteiger partial charge on any atom is 0.262 e. The fraction of sp³-hybridized carbons (Fsp3) is 0.231. The van der Waals surface area contributed by atoms with Gasteiger partial charge in [0.05, 0.1) is 17.3 Å². The van der Waals surface area contributed by atoms with E-state index in [-0.39, 0.29) is 34.7 Å². The van der Waals surface area contributed by atoms with Gasteiger partial charge in [-0.15, -0.1) is 11.3 Å². The van der Waals surface area contributed by atoms with Gasteiger partial charge in [0.2, 0.25) is 10.0 Å². The number of benzene rings is 1. The van der Waals surface area contributed by atoms with Crippen LogP contribution < -0.4 is 14.8 Å². The molecule has 1 aliphatic heterocycles. The van der Waals surface area contributed by atoms with E-state index in [0.29, 0.717) is 10.7 Å². The average Bonchev–Trinajstić information content (AvgIpc) is 2.90. The van der Waals surface area contributed by atoms with Crippen molar-refractivity contribution >= 4 is 44.6 Å². The van der Waals surface area contributed by atoms with Crippen LogP contribution >= 0.6 is 22.9 Å². The third kappa shape index (κ3) is 3.47. The zero-order chi connectivity index (χ0) is 16.6. The van der Waals surface area contributed by atoms with E-state index in [1.807, 2.05) is 12.3 Å². The SMILES string of the molecule is Cc1csc(CNS(=O)(=O)c2cc3c(cc2Cl)NC(=O)CO3)n1. The van der Waals surface area contributed by atoms with E-state index in [4.69, 9.17) is 16.3 Å². The van der Waals surface area contributed by atoms with Crippen molar-refractivity contribution in [1.29, 1.82) is 0 Å². The fourth-order valence-corrected chi connectivity index (χ4v) is 4.34. The van der Waals surface area contributed by atoms with Crippen LogP contribution in [0.15, 0.2) is 22.4 Å². The number of anilines is 1. The van der Waals surface area contributed by atoms with Crippen LogP contribution in [0.3, 0.4) is 0 Å². The molecule has 0 fully saturated rings. The molecule has 0 bridgehead atoms. The second-order valence-electron chi connectivity index (χ2n) is 4.82. The quantitative estimate of drug-likeness (QED) is 0.853. The van der Waals surface area contributed by atoms with Gasteiger partial charge in [-0.3, -0.25) is 4.79 Å². The Labute approximate surface area is 141 Å². The lowest BCUT2D eigenvalue weighted by molar-refractivity contribution is -0.118. The smallest absolute Gasteiger partial charge is 0.262 e. The molecule has 3 rings (SSSR count). The number of amides is 1. The van der Waals surface area contributed by atoms with Gasteiger partial charge in [-0.2, -0.15) is 0 Å². The summed E-state index contributed by atoms with van der Waals surface area (Å²) in [5.74, 6) is -0.0547. The number of aryl methyl sites for hydroxylation is 1. The molecular formula is C13H12ClN3O4S2. The molecule has 1 aromatic heterocycles. The topological polar surface area (TPSA) is 97.4 Å². The summed E-state index contributed by atoms with van der Waals surface area (Å²) in [6.07, 6.45) is 0. The van der Waals surface area contributed by atoms with Crippen molar-refractivity contribution in [3.63, 3.8) is 0 Å². The normalized spacial score (nSPS) is 14.1. The minimum absolute atomic E-state index is 0.00244. The lowest BCUT2D eigenvalue weighted by atomic mass is 10.2. The molecule has 1 amide bonds. The molecule has 0 radical (unpaired) electrons. The molecule has 122 valence electrons. The second kappa shape index (κ2) is 6.08. The van der Waals surface area contributed by atoms with Gasteiger partial charge < -0.3 is 10.1 Å². The summed E-state index contributed by atoms with van der Waals surface area (Å²) in [5.41, 5.74) is 1.18. The largest absolute Gasteiger partial charge is 0.482 e. The lowest BCUT2D eigenvalue weighted by Gasteiger charge is -2.19. The summed E-state index contributed by atoms with van der Waals surface area (Å²) < 4.78 is 32.5. The Kier molecular flexibility index (Phi) is 4.28. The van der Waals surface area contributed by atoms with Crippen molar-refractivity contribution in [3.8, 4) is 5.75 Å². The number of carbonyl (C=O) groups is 1. The first-order valence-corrected chi connectivity index (χ1v) is 9.26. The van der Waals surface area contributed by atoms with Gasteiger partial charge in [0.15, 0.2) is 6.61 Å². The maximum atomic E-state index is 12.4. The Morgan fingerprint density at radius 1 is 1.48 bits per heavy atom. The van der Waals surface area contributed by atoms with E-state index in [2.05, 4.69) is 15.0 Å². The number of aromatic nitrogens is 1. The van der Waals surface area contributed by atoms with E-state index < -0.39 is 10.0 Å². The van der Waals surface area contributed by atoms with Crippen LogP contribution in [0.4, 0.5) is 5.69 Å². The number of halogens is 1. The van der Waals surface area contributed by atoms with E-state index in [1.54, 1.807) is 0 Å². The van der Waals surface area contributed by atoms with Crippen LogP contribution in [-0.2, 0) is 21.4 Å². The van der Waals surface area contributed by atoms with Crippen LogP contribution in [0.2, 0.25) is 5.02 Å². The summed E-state index contributed by atoms with van der Waals surface area (Å²) in [7, 11) is -3.83. The second-order valence-corrected chi connectivity index (χ2v) is 7.91. The number of hydrogen-bond acceptors (Lipinski definition) is 6. The molecule has 1 aliphatic rings. The minimum atomic E-state index is -3.83. The van der Waals surface area contributed by atoms with Crippen LogP contribution in [0.5, 0.6) is 5.75 Å². The molecule has 0 aliphatic carbocycles. The monoisotopic (exact) mass is 373 g/mol. The highest BCUT2D eigenvalue weighted by atomic mass is 35.5. The van der Waals surface area contributed by atoms with E-state index in [1.165, 1.54) is 23.5 Å². The summed E-state index contributed by atoms with van der Waals surface area (Å²) in [6.45, 7) is 1.74. The first kappa shape index (κ1) is 16.2. The van der Waals surface area contributed by atoms with Gasteiger partial charge in [0.25, 0.3) is 5.91 Å². The number of hydrogen-bond donors (Lipinski definition) is 2. The average molecular weight is 374 g/mol. The van der Waals surface area contributed by atoms with Gasteiger partial charge >= 0.3 is 0 Å². The summed E-state index contributed by atoms with van der Waals surface area (Å²) >= 11 is 7.41. The molecular weight excluding hydrogens is 362 g/mol. The number of rotatable bonds is 4. The van der Waals surface area contributed by atoms with Gasteiger partial charge in [0.1, 0.15) is 15.7 Å². The molecule has 1 aromatic carbocycles. The van der Waals surface area contributed by atoms with Crippen molar-refractivity contribution < 1.29 is 17.9 Å². The molecule has 23 heavy (non-hydrogen) atoms. The summed E-state index contributed by atoms with van der Waals surface area (Å²) in [6, 6.07) is 2.66. The molecule has 2 N–H and O–H groups in total. The minimum Gasteiger partial charge on any atom is -0.482 e.